The Labute approximate surface area is 136 Å². The summed E-state index contributed by atoms with van der Waals surface area (Å²) in [6, 6.07) is 3.83. The number of amides is 1. The lowest BCUT2D eigenvalue weighted by atomic mass is 10.1. The molecule has 0 radical (unpaired) electrons. The second-order valence-electron chi connectivity index (χ2n) is 6.01. The molecule has 0 aromatic carbocycles. The third-order valence-electron chi connectivity index (χ3n) is 4.16. The van der Waals surface area contributed by atoms with Gasteiger partial charge in [0.15, 0.2) is 9.84 Å². The van der Waals surface area contributed by atoms with E-state index >= 15 is 0 Å². The maximum absolute atomic E-state index is 12.1. The zero-order valence-corrected chi connectivity index (χ0v) is 14.8. The Hall–Kier alpha value is -0.920. The lowest BCUT2D eigenvalue weighted by Crippen LogP contribution is -2.45. The Bertz CT molecular complexity index is 584. The number of carbonyl (C=O) groups excluding carboxylic acids is 1. The van der Waals surface area contributed by atoms with Crippen molar-refractivity contribution in [2.24, 2.45) is 5.92 Å². The third-order valence-corrected chi connectivity index (χ3v) is 6.94. The number of nitrogens with zero attached hydrogens (tertiary/aromatic N) is 1. The SMILES string of the molecule is C[C@@H](C(=O)NCCc1cccs1)N(C)C[C@@H]1CCS(=O)(=O)C1. The van der Waals surface area contributed by atoms with E-state index in [0.717, 1.165) is 6.42 Å². The fourth-order valence-corrected chi connectivity index (χ4v) is 5.25. The molecule has 2 heterocycles. The van der Waals surface area contributed by atoms with E-state index < -0.39 is 9.84 Å². The first-order valence-corrected chi connectivity index (χ1v) is 10.3. The van der Waals surface area contributed by atoms with Crippen LogP contribution in [0.5, 0.6) is 0 Å². The predicted octanol–water partition coefficient (Wildman–Crippen LogP) is 1.16. The van der Waals surface area contributed by atoms with Crippen LogP contribution in [0.2, 0.25) is 0 Å². The predicted molar refractivity (Wildman–Crippen MR) is 89.9 cm³/mol. The molecule has 1 aromatic heterocycles. The highest BCUT2D eigenvalue weighted by atomic mass is 32.2. The van der Waals surface area contributed by atoms with E-state index in [1.807, 2.05) is 30.3 Å². The number of thiophene rings is 1. The van der Waals surface area contributed by atoms with E-state index in [1.165, 1.54) is 4.88 Å². The van der Waals surface area contributed by atoms with Gasteiger partial charge in [0.2, 0.25) is 5.91 Å². The third kappa shape index (κ3) is 5.07. The highest BCUT2D eigenvalue weighted by molar-refractivity contribution is 7.91. The van der Waals surface area contributed by atoms with Crippen LogP contribution >= 0.6 is 11.3 Å². The van der Waals surface area contributed by atoms with E-state index in [-0.39, 0.29) is 29.4 Å². The molecule has 2 atom stereocenters. The van der Waals surface area contributed by atoms with Gasteiger partial charge >= 0.3 is 0 Å². The van der Waals surface area contributed by atoms with E-state index in [0.29, 0.717) is 19.5 Å². The number of likely N-dealkylation sites (N-methyl/N-ethyl adjacent to an activating group) is 1. The Morgan fingerprint density at radius 2 is 2.32 bits per heavy atom. The van der Waals surface area contributed by atoms with Crippen molar-refractivity contribution in [2.45, 2.75) is 25.8 Å². The fraction of sp³-hybridized carbons (Fsp3) is 0.667. The zero-order chi connectivity index (χ0) is 16.2. The van der Waals surface area contributed by atoms with E-state index in [4.69, 9.17) is 0 Å². The first-order valence-electron chi connectivity index (χ1n) is 7.58. The number of hydrogen-bond donors (Lipinski definition) is 1. The summed E-state index contributed by atoms with van der Waals surface area (Å²) >= 11 is 1.69. The first kappa shape index (κ1) is 17.4. The number of carbonyl (C=O) groups is 1. The summed E-state index contributed by atoms with van der Waals surface area (Å²) in [6.07, 6.45) is 1.56. The van der Waals surface area contributed by atoms with Gasteiger partial charge in [0.1, 0.15) is 0 Å². The zero-order valence-electron chi connectivity index (χ0n) is 13.1. The van der Waals surface area contributed by atoms with Crippen molar-refractivity contribution in [3.8, 4) is 0 Å². The smallest absolute Gasteiger partial charge is 0.237 e. The molecule has 1 fully saturated rings. The molecule has 124 valence electrons. The average Bonchev–Trinajstić information content (AvgIpc) is 3.07. The van der Waals surface area contributed by atoms with Gasteiger partial charge in [-0.15, -0.1) is 11.3 Å². The minimum absolute atomic E-state index is 0.0000831. The number of hydrogen-bond acceptors (Lipinski definition) is 5. The topological polar surface area (TPSA) is 66.5 Å². The van der Waals surface area contributed by atoms with Gasteiger partial charge in [-0.25, -0.2) is 8.42 Å². The molecule has 7 heteroatoms. The van der Waals surface area contributed by atoms with Crippen molar-refractivity contribution in [3.05, 3.63) is 22.4 Å². The number of rotatable bonds is 7. The standard InChI is InChI=1S/C15H24N2O3S2/c1-12(15(18)16-7-5-14-4-3-8-21-14)17(2)10-13-6-9-22(19,20)11-13/h3-4,8,12-13H,5-7,9-11H2,1-2H3,(H,16,18)/t12-,13-/m0/s1. The van der Waals surface area contributed by atoms with Gasteiger partial charge in [-0.05, 0) is 44.2 Å². The lowest BCUT2D eigenvalue weighted by molar-refractivity contribution is -0.125. The highest BCUT2D eigenvalue weighted by Crippen LogP contribution is 2.19. The van der Waals surface area contributed by atoms with Crippen LogP contribution in [0.4, 0.5) is 0 Å². The lowest BCUT2D eigenvalue weighted by Gasteiger charge is -2.26. The van der Waals surface area contributed by atoms with Crippen LogP contribution in [0.25, 0.3) is 0 Å². The highest BCUT2D eigenvalue weighted by Gasteiger charge is 2.30. The molecule has 0 aliphatic carbocycles. The van der Waals surface area contributed by atoms with Crippen LogP contribution in [0.15, 0.2) is 17.5 Å². The second-order valence-corrected chi connectivity index (χ2v) is 9.27. The summed E-state index contributed by atoms with van der Waals surface area (Å²) in [5.41, 5.74) is 0. The van der Waals surface area contributed by atoms with Crippen molar-refractivity contribution in [2.75, 3.05) is 31.6 Å². The van der Waals surface area contributed by atoms with Crippen molar-refractivity contribution < 1.29 is 13.2 Å². The monoisotopic (exact) mass is 344 g/mol. The van der Waals surface area contributed by atoms with Crippen molar-refractivity contribution in [1.29, 1.82) is 0 Å². The second kappa shape index (κ2) is 7.57. The molecule has 0 bridgehead atoms. The first-order chi connectivity index (χ1) is 10.4. The van der Waals surface area contributed by atoms with E-state index in [2.05, 4.69) is 11.4 Å². The molecule has 1 aliphatic rings. The largest absolute Gasteiger partial charge is 0.354 e. The minimum atomic E-state index is -2.85. The summed E-state index contributed by atoms with van der Waals surface area (Å²) in [6.45, 7) is 3.15. The molecule has 1 aromatic rings. The molecule has 5 nitrogen and oxygen atoms in total. The normalized spacial score (nSPS) is 21.9. The Morgan fingerprint density at radius 1 is 1.55 bits per heavy atom. The van der Waals surface area contributed by atoms with Gasteiger partial charge in [0.05, 0.1) is 17.5 Å². The van der Waals surface area contributed by atoms with Crippen LogP contribution in [0.3, 0.4) is 0 Å². The number of sulfone groups is 1. The molecular weight excluding hydrogens is 320 g/mol. The van der Waals surface area contributed by atoms with Crippen LogP contribution in [-0.4, -0.2) is 56.9 Å². The number of nitrogens with one attached hydrogen (secondary N) is 1. The van der Waals surface area contributed by atoms with Crippen LogP contribution in [-0.2, 0) is 21.1 Å². The molecule has 1 saturated heterocycles. The molecule has 2 rings (SSSR count). The maximum Gasteiger partial charge on any atom is 0.237 e. The minimum Gasteiger partial charge on any atom is -0.354 e. The molecule has 0 unspecified atom stereocenters. The van der Waals surface area contributed by atoms with Crippen molar-refractivity contribution in [1.82, 2.24) is 10.2 Å². The summed E-state index contributed by atoms with van der Waals surface area (Å²) in [5.74, 6) is 0.688. The molecule has 22 heavy (non-hydrogen) atoms. The summed E-state index contributed by atoms with van der Waals surface area (Å²) in [4.78, 5) is 15.4. The maximum atomic E-state index is 12.1. The fourth-order valence-electron chi connectivity index (χ4n) is 2.69. The molecule has 0 saturated carbocycles. The molecule has 1 N–H and O–H groups in total. The van der Waals surface area contributed by atoms with Gasteiger partial charge in [-0.3, -0.25) is 9.69 Å². The van der Waals surface area contributed by atoms with Crippen molar-refractivity contribution >= 4 is 27.1 Å². The Kier molecular flexibility index (Phi) is 6.00. The van der Waals surface area contributed by atoms with Crippen molar-refractivity contribution in [3.63, 3.8) is 0 Å². The Morgan fingerprint density at radius 3 is 2.91 bits per heavy atom. The molecular formula is C15H24N2O3S2. The summed E-state index contributed by atoms with van der Waals surface area (Å²) in [7, 11) is -0.969. The summed E-state index contributed by atoms with van der Waals surface area (Å²) in [5, 5.41) is 4.98. The van der Waals surface area contributed by atoms with Crippen LogP contribution < -0.4 is 5.32 Å². The quantitative estimate of drug-likeness (QED) is 0.806. The van der Waals surface area contributed by atoms with Gasteiger partial charge in [-0.1, -0.05) is 6.07 Å². The van der Waals surface area contributed by atoms with Gasteiger partial charge in [-0.2, -0.15) is 0 Å². The van der Waals surface area contributed by atoms with Gasteiger partial charge in [0, 0.05) is 18.0 Å². The van der Waals surface area contributed by atoms with Gasteiger partial charge in [0.25, 0.3) is 0 Å². The van der Waals surface area contributed by atoms with Crippen LogP contribution in [0, 0.1) is 5.92 Å². The molecule has 1 aliphatic heterocycles. The van der Waals surface area contributed by atoms with E-state index in [9.17, 15) is 13.2 Å². The molecule has 1 amide bonds. The average molecular weight is 345 g/mol. The van der Waals surface area contributed by atoms with Crippen LogP contribution in [0.1, 0.15) is 18.2 Å². The Balaban J connectivity index is 1.72. The van der Waals surface area contributed by atoms with E-state index in [1.54, 1.807) is 11.3 Å². The van der Waals surface area contributed by atoms with Gasteiger partial charge < -0.3 is 5.32 Å². The summed E-state index contributed by atoms with van der Waals surface area (Å²) < 4.78 is 23.0. The molecule has 0 spiro atoms.